The summed E-state index contributed by atoms with van der Waals surface area (Å²) in [4.78, 5) is 27.0. The molecule has 8 heteroatoms. The Bertz CT molecular complexity index is 828. The van der Waals surface area contributed by atoms with Crippen LogP contribution in [0.5, 0.6) is 0 Å². The fraction of sp³-hybridized carbons (Fsp3) is 0.350. The van der Waals surface area contributed by atoms with Gasteiger partial charge in [-0.05, 0) is 43.3 Å². The average Bonchev–Trinajstić information content (AvgIpc) is 2.89. The van der Waals surface area contributed by atoms with Gasteiger partial charge in [0.2, 0.25) is 5.91 Å². The highest BCUT2D eigenvalue weighted by Crippen LogP contribution is 2.17. The van der Waals surface area contributed by atoms with Gasteiger partial charge >= 0.3 is 0 Å². The van der Waals surface area contributed by atoms with Gasteiger partial charge in [-0.1, -0.05) is 18.2 Å². The smallest absolute Gasteiger partial charge is 0.271 e. The molecule has 0 unspecified atom stereocenters. The number of benzene rings is 2. The van der Waals surface area contributed by atoms with Crippen molar-refractivity contribution in [3.8, 4) is 0 Å². The van der Waals surface area contributed by atoms with Gasteiger partial charge in [0.25, 0.3) is 5.69 Å². The Morgan fingerprint density at radius 2 is 1.79 bits per heavy atom. The second-order valence-corrected chi connectivity index (χ2v) is 6.89. The molecule has 1 fully saturated rings. The van der Waals surface area contributed by atoms with Crippen LogP contribution in [0.4, 0.5) is 15.8 Å². The van der Waals surface area contributed by atoms with Crippen molar-refractivity contribution in [2.24, 2.45) is 0 Å². The minimum atomic E-state index is -0.486. The number of nitro benzene ring substituents is 1. The Kier molecular flexibility index (Phi) is 6.67. The Balaban J connectivity index is 1.48. The van der Waals surface area contributed by atoms with Crippen LogP contribution in [-0.4, -0.2) is 53.4 Å². The summed E-state index contributed by atoms with van der Waals surface area (Å²) in [7, 11) is 0. The zero-order valence-corrected chi connectivity index (χ0v) is 15.5. The standard InChI is InChI=1S/C20H23FN4O3/c21-17-7-5-16(6-8-17)14-23-9-2-10-24(12-11-23)15-20(26)22-18-3-1-4-19(13-18)25(27)28/h1,3-8,13H,2,9-12,14-15H2,(H,22,26). The highest BCUT2D eigenvalue weighted by atomic mass is 19.1. The zero-order valence-electron chi connectivity index (χ0n) is 15.5. The van der Waals surface area contributed by atoms with E-state index in [1.807, 2.05) is 0 Å². The van der Waals surface area contributed by atoms with Crippen LogP contribution in [0.3, 0.4) is 0 Å². The number of amides is 1. The van der Waals surface area contributed by atoms with Gasteiger partial charge in [0.05, 0.1) is 11.5 Å². The first kappa shape index (κ1) is 19.9. The van der Waals surface area contributed by atoms with Crippen LogP contribution >= 0.6 is 0 Å². The van der Waals surface area contributed by atoms with Crippen molar-refractivity contribution in [3.05, 3.63) is 70.0 Å². The van der Waals surface area contributed by atoms with E-state index in [1.165, 1.54) is 24.3 Å². The number of nitrogens with zero attached hydrogens (tertiary/aromatic N) is 3. The molecule has 1 saturated heterocycles. The van der Waals surface area contributed by atoms with Crippen molar-refractivity contribution >= 4 is 17.3 Å². The van der Waals surface area contributed by atoms with Gasteiger partial charge in [-0.3, -0.25) is 24.7 Å². The second kappa shape index (κ2) is 9.38. The first-order valence-corrected chi connectivity index (χ1v) is 9.23. The lowest BCUT2D eigenvalue weighted by Gasteiger charge is -2.21. The molecule has 0 aromatic heterocycles. The first-order chi connectivity index (χ1) is 13.5. The number of nitrogens with one attached hydrogen (secondary N) is 1. The molecular formula is C20H23FN4O3. The van der Waals surface area contributed by atoms with E-state index in [9.17, 15) is 19.3 Å². The summed E-state index contributed by atoms with van der Waals surface area (Å²) in [6.07, 6.45) is 0.936. The number of hydrogen-bond acceptors (Lipinski definition) is 5. The van der Waals surface area contributed by atoms with E-state index in [2.05, 4.69) is 15.1 Å². The molecule has 0 radical (unpaired) electrons. The molecule has 2 aromatic rings. The summed E-state index contributed by atoms with van der Waals surface area (Å²) in [5, 5.41) is 13.6. The van der Waals surface area contributed by atoms with Crippen molar-refractivity contribution in [1.29, 1.82) is 0 Å². The lowest BCUT2D eigenvalue weighted by atomic mass is 10.2. The van der Waals surface area contributed by atoms with Crippen molar-refractivity contribution in [1.82, 2.24) is 9.80 Å². The maximum Gasteiger partial charge on any atom is 0.271 e. The molecule has 0 spiro atoms. The van der Waals surface area contributed by atoms with Crippen molar-refractivity contribution in [2.75, 3.05) is 38.0 Å². The first-order valence-electron chi connectivity index (χ1n) is 9.23. The third-order valence-electron chi connectivity index (χ3n) is 4.71. The quantitative estimate of drug-likeness (QED) is 0.610. The van der Waals surface area contributed by atoms with E-state index in [4.69, 9.17) is 0 Å². The third kappa shape index (κ3) is 5.83. The summed E-state index contributed by atoms with van der Waals surface area (Å²) in [5.74, 6) is -0.423. The number of rotatable bonds is 6. The molecule has 3 rings (SSSR count). The molecule has 1 amide bonds. The Morgan fingerprint density at radius 3 is 2.54 bits per heavy atom. The summed E-state index contributed by atoms with van der Waals surface area (Å²) in [6, 6.07) is 12.5. The van der Waals surface area contributed by atoms with Gasteiger partial charge in [0.15, 0.2) is 0 Å². The molecule has 0 aliphatic carbocycles. The van der Waals surface area contributed by atoms with Crippen LogP contribution < -0.4 is 5.32 Å². The lowest BCUT2D eigenvalue weighted by molar-refractivity contribution is -0.384. The number of carbonyl (C=O) groups is 1. The number of anilines is 1. The number of carbonyl (C=O) groups excluding carboxylic acids is 1. The topological polar surface area (TPSA) is 78.7 Å². The Labute approximate surface area is 162 Å². The van der Waals surface area contributed by atoms with Gasteiger partial charge < -0.3 is 5.32 Å². The molecule has 1 aliphatic heterocycles. The van der Waals surface area contributed by atoms with E-state index in [0.29, 0.717) is 5.69 Å². The zero-order chi connectivity index (χ0) is 19.9. The fourth-order valence-corrected chi connectivity index (χ4v) is 3.29. The number of hydrogen-bond donors (Lipinski definition) is 1. The lowest BCUT2D eigenvalue weighted by Crippen LogP contribution is -2.36. The second-order valence-electron chi connectivity index (χ2n) is 6.89. The van der Waals surface area contributed by atoms with Crippen LogP contribution in [0, 0.1) is 15.9 Å². The van der Waals surface area contributed by atoms with Crippen LogP contribution in [0.15, 0.2) is 48.5 Å². The third-order valence-corrected chi connectivity index (χ3v) is 4.71. The molecule has 148 valence electrons. The van der Waals surface area contributed by atoms with E-state index in [-0.39, 0.29) is 24.0 Å². The van der Waals surface area contributed by atoms with Crippen molar-refractivity contribution in [2.45, 2.75) is 13.0 Å². The van der Waals surface area contributed by atoms with Gasteiger partial charge in [-0.15, -0.1) is 0 Å². The normalized spacial score (nSPS) is 15.8. The molecule has 2 aromatic carbocycles. The molecule has 1 heterocycles. The fourth-order valence-electron chi connectivity index (χ4n) is 3.29. The number of non-ortho nitro benzene ring substituents is 1. The molecule has 0 atom stereocenters. The van der Waals surface area contributed by atoms with E-state index < -0.39 is 4.92 Å². The van der Waals surface area contributed by atoms with Crippen LogP contribution in [-0.2, 0) is 11.3 Å². The summed E-state index contributed by atoms with van der Waals surface area (Å²) in [5.41, 5.74) is 1.44. The maximum absolute atomic E-state index is 13.0. The molecule has 1 aliphatic rings. The molecule has 0 bridgehead atoms. The highest BCUT2D eigenvalue weighted by molar-refractivity contribution is 5.92. The van der Waals surface area contributed by atoms with Gasteiger partial charge in [0, 0.05) is 37.5 Å². The maximum atomic E-state index is 13.0. The number of halogens is 1. The van der Waals surface area contributed by atoms with Crippen LogP contribution in [0.25, 0.3) is 0 Å². The summed E-state index contributed by atoms with van der Waals surface area (Å²) < 4.78 is 13.0. The molecule has 28 heavy (non-hydrogen) atoms. The van der Waals surface area contributed by atoms with Gasteiger partial charge in [0.1, 0.15) is 5.82 Å². The molecule has 0 saturated carbocycles. The SMILES string of the molecule is O=C(CN1CCCN(Cc2ccc(F)cc2)CC1)Nc1cccc([N+](=O)[O-])c1. The Morgan fingerprint density at radius 1 is 1.07 bits per heavy atom. The van der Waals surface area contributed by atoms with Crippen molar-refractivity contribution < 1.29 is 14.1 Å². The van der Waals surface area contributed by atoms with Gasteiger partial charge in [-0.2, -0.15) is 0 Å². The monoisotopic (exact) mass is 386 g/mol. The van der Waals surface area contributed by atoms with Gasteiger partial charge in [-0.25, -0.2) is 4.39 Å². The summed E-state index contributed by atoms with van der Waals surface area (Å²) >= 11 is 0. The van der Waals surface area contributed by atoms with Crippen molar-refractivity contribution in [3.63, 3.8) is 0 Å². The molecular weight excluding hydrogens is 363 g/mol. The van der Waals surface area contributed by atoms with Crippen LogP contribution in [0.1, 0.15) is 12.0 Å². The van der Waals surface area contributed by atoms with Crippen LogP contribution in [0.2, 0.25) is 0 Å². The molecule has 7 nitrogen and oxygen atoms in total. The molecule has 1 N–H and O–H groups in total. The highest BCUT2D eigenvalue weighted by Gasteiger charge is 2.18. The Hall–Kier alpha value is -2.84. The van der Waals surface area contributed by atoms with E-state index in [0.717, 1.165) is 44.7 Å². The summed E-state index contributed by atoms with van der Waals surface area (Å²) in [6.45, 7) is 4.30. The average molecular weight is 386 g/mol. The van der Waals surface area contributed by atoms with E-state index in [1.54, 1.807) is 24.3 Å². The predicted molar refractivity (Wildman–Crippen MR) is 104 cm³/mol. The van der Waals surface area contributed by atoms with E-state index >= 15 is 0 Å². The minimum absolute atomic E-state index is 0.0518. The number of nitro groups is 1. The minimum Gasteiger partial charge on any atom is -0.325 e. The predicted octanol–water partition coefficient (Wildman–Crippen LogP) is 2.88. The largest absolute Gasteiger partial charge is 0.325 e.